The van der Waals surface area contributed by atoms with Crippen molar-refractivity contribution in [2.24, 2.45) is 0 Å². The summed E-state index contributed by atoms with van der Waals surface area (Å²) in [5.41, 5.74) is 2.30. The third kappa shape index (κ3) is 4.90. The van der Waals surface area contributed by atoms with Crippen molar-refractivity contribution in [3.63, 3.8) is 0 Å². The van der Waals surface area contributed by atoms with Crippen LogP contribution in [0.4, 0.5) is 0 Å². The largest absolute Gasteiger partial charge is 0.486 e. The lowest BCUT2D eigenvalue weighted by atomic mass is 10.2. The Balaban J connectivity index is 1.22. The van der Waals surface area contributed by atoms with Crippen LogP contribution in [0.5, 0.6) is 5.75 Å². The summed E-state index contributed by atoms with van der Waals surface area (Å²) in [5.74, 6) is 1.04. The van der Waals surface area contributed by atoms with E-state index in [0.29, 0.717) is 6.61 Å². The lowest BCUT2D eigenvalue weighted by molar-refractivity contribution is -0.142. The molecule has 28 heavy (non-hydrogen) atoms. The van der Waals surface area contributed by atoms with Gasteiger partial charge in [0.25, 0.3) is 5.91 Å². The number of hydrogen-bond donors (Lipinski definition) is 0. The molecular formula is C21H27N3O3S. The molecule has 3 heterocycles. The Morgan fingerprint density at radius 3 is 2.75 bits per heavy atom. The number of nitrogens with zero attached hydrogens (tertiary/aromatic N) is 3. The third-order valence-corrected chi connectivity index (χ3v) is 6.13. The Labute approximate surface area is 170 Å². The van der Waals surface area contributed by atoms with Crippen LogP contribution in [0.2, 0.25) is 0 Å². The number of rotatable bonds is 6. The summed E-state index contributed by atoms with van der Waals surface area (Å²) in [6, 6.07) is 8.07. The monoisotopic (exact) mass is 401 g/mol. The van der Waals surface area contributed by atoms with Gasteiger partial charge in [-0.3, -0.25) is 9.69 Å². The summed E-state index contributed by atoms with van der Waals surface area (Å²) in [4.78, 5) is 21.5. The fourth-order valence-electron chi connectivity index (χ4n) is 3.60. The second-order valence-electron chi connectivity index (χ2n) is 7.44. The van der Waals surface area contributed by atoms with Gasteiger partial charge in [0.15, 0.2) is 0 Å². The van der Waals surface area contributed by atoms with E-state index in [1.807, 2.05) is 29.2 Å². The lowest BCUT2D eigenvalue weighted by Gasteiger charge is -2.35. The van der Waals surface area contributed by atoms with E-state index < -0.39 is 0 Å². The molecule has 6 nitrogen and oxygen atoms in total. The van der Waals surface area contributed by atoms with Crippen molar-refractivity contribution in [3.05, 3.63) is 45.9 Å². The van der Waals surface area contributed by atoms with Crippen molar-refractivity contribution >= 4 is 17.2 Å². The summed E-state index contributed by atoms with van der Waals surface area (Å²) in [6.07, 6.45) is 1.66. The normalized spacial score (nSPS) is 20.5. The Kier molecular flexibility index (Phi) is 6.24. The van der Waals surface area contributed by atoms with Crippen molar-refractivity contribution in [1.29, 1.82) is 0 Å². The highest BCUT2D eigenvalue weighted by Crippen LogP contribution is 2.19. The fraction of sp³-hybridized carbons (Fsp3) is 0.524. The first-order chi connectivity index (χ1) is 13.7. The van der Waals surface area contributed by atoms with Crippen LogP contribution >= 0.6 is 11.3 Å². The maximum absolute atomic E-state index is 12.4. The first kappa shape index (κ1) is 19.4. The van der Waals surface area contributed by atoms with Crippen molar-refractivity contribution < 1.29 is 14.3 Å². The Bertz CT molecular complexity index is 778. The average molecular weight is 402 g/mol. The van der Waals surface area contributed by atoms with Gasteiger partial charge in [0.2, 0.25) is 0 Å². The number of aromatic nitrogens is 1. The molecule has 150 valence electrons. The van der Waals surface area contributed by atoms with Gasteiger partial charge in [-0.2, -0.15) is 0 Å². The topological polar surface area (TPSA) is 54.9 Å². The molecule has 0 bridgehead atoms. The van der Waals surface area contributed by atoms with Gasteiger partial charge in [0, 0.05) is 44.7 Å². The highest BCUT2D eigenvalue weighted by molar-refractivity contribution is 7.09. The molecule has 1 amide bonds. The fourth-order valence-corrected chi connectivity index (χ4v) is 4.30. The van der Waals surface area contributed by atoms with E-state index in [9.17, 15) is 4.79 Å². The number of piperazine rings is 1. The number of benzene rings is 1. The van der Waals surface area contributed by atoms with Crippen LogP contribution in [0.1, 0.15) is 29.1 Å². The number of aryl methyl sites for hydroxylation is 1. The van der Waals surface area contributed by atoms with Crippen LogP contribution in [-0.4, -0.2) is 59.6 Å². The van der Waals surface area contributed by atoms with Crippen LogP contribution in [0, 0.1) is 6.92 Å². The van der Waals surface area contributed by atoms with E-state index >= 15 is 0 Å². The number of ether oxygens (including phenoxy) is 2. The van der Waals surface area contributed by atoms with Crippen molar-refractivity contribution in [1.82, 2.24) is 14.8 Å². The Morgan fingerprint density at radius 2 is 2.04 bits per heavy atom. The van der Waals surface area contributed by atoms with Crippen molar-refractivity contribution in [3.8, 4) is 5.75 Å². The number of hydrogen-bond acceptors (Lipinski definition) is 6. The zero-order chi connectivity index (χ0) is 19.3. The van der Waals surface area contributed by atoms with Gasteiger partial charge in [0.1, 0.15) is 23.5 Å². The minimum atomic E-state index is -0.207. The summed E-state index contributed by atoms with van der Waals surface area (Å²) < 4.78 is 11.3. The minimum absolute atomic E-state index is 0.168. The molecule has 2 aromatic rings. The van der Waals surface area contributed by atoms with Gasteiger partial charge in [-0.05, 0) is 31.9 Å². The van der Waals surface area contributed by atoms with Crippen LogP contribution in [0.3, 0.4) is 0 Å². The lowest BCUT2D eigenvalue weighted by Crippen LogP contribution is -2.51. The molecule has 2 aliphatic rings. The van der Waals surface area contributed by atoms with Crippen molar-refractivity contribution in [2.45, 2.75) is 39.0 Å². The average Bonchev–Trinajstić information content (AvgIpc) is 3.40. The first-order valence-electron chi connectivity index (χ1n) is 9.93. The second-order valence-corrected chi connectivity index (χ2v) is 8.38. The van der Waals surface area contributed by atoms with Gasteiger partial charge < -0.3 is 14.4 Å². The maximum atomic E-state index is 12.4. The van der Waals surface area contributed by atoms with Gasteiger partial charge in [0.05, 0.1) is 5.69 Å². The molecule has 0 unspecified atom stereocenters. The number of thiazole rings is 1. The van der Waals surface area contributed by atoms with Crippen LogP contribution in [0.15, 0.2) is 29.6 Å². The van der Waals surface area contributed by atoms with Gasteiger partial charge >= 0.3 is 0 Å². The van der Waals surface area contributed by atoms with Gasteiger partial charge in [-0.15, -0.1) is 11.3 Å². The molecule has 0 radical (unpaired) electrons. The zero-order valence-electron chi connectivity index (χ0n) is 16.3. The van der Waals surface area contributed by atoms with E-state index in [2.05, 4.69) is 17.2 Å². The van der Waals surface area contributed by atoms with Gasteiger partial charge in [-0.25, -0.2) is 4.98 Å². The molecule has 7 heteroatoms. The minimum Gasteiger partial charge on any atom is -0.486 e. The number of carbonyl (C=O) groups is 1. The zero-order valence-corrected chi connectivity index (χ0v) is 17.1. The molecule has 2 aliphatic heterocycles. The van der Waals surface area contributed by atoms with E-state index in [1.54, 1.807) is 11.3 Å². The highest BCUT2D eigenvalue weighted by atomic mass is 32.1. The maximum Gasteiger partial charge on any atom is 0.251 e. The summed E-state index contributed by atoms with van der Waals surface area (Å²) >= 11 is 1.64. The molecule has 1 aromatic carbocycles. The van der Waals surface area contributed by atoms with Gasteiger partial charge in [-0.1, -0.05) is 17.7 Å². The molecular weight excluding hydrogens is 374 g/mol. The quantitative estimate of drug-likeness (QED) is 0.745. The van der Waals surface area contributed by atoms with Crippen LogP contribution in [-0.2, 0) is 22.7 Å². The standard InChI is InChI=1S/C21H27N3O3S/c1-16-4-6-18(7-5-16)27-14-20-22-17(15-28-20)13-23-8-10-24(11-9-23)21(25)19-3-2-12-26-19/h4-7,15,19H,2-3,8-14H2,1H3/t19-/m1/s1. The number of amides is 1. The molecule has 0 aliphatic carbocycles. The molecule has 0 saturated carbocycles. The SMILES string of the molecule is Cc1ccc(OCc2nc(CN3CCN(C(=O)[C@H]4CCCO4)CC3)cs2)cc1. The predicted molar refractivity (Wildman–Crippen MR) is 108 cm³/mol. The highest BCUT2D eigenvalue weighted by Gasteiger charge is 2.30. The van der Waals surface area contributed by atoms with E-state index in [0.717, 1.165) is 68.6 Å². The second kappa shape index (κ2) is 9.03. The molecule has 4 rings (SSSR count). The van der Waals surface area contributed by atoms with E-state index in [4.69, 9.17) is 14.5 Å². The van der Waals surface area contributed by atoms with Crippen LogP contribution in [0.25, 0.3) is 0 Å². The van der Waals surface area contributed by atoms with Crippen LogP contribution < -0.4 is 4.74 Å². The molecule has 1 aromatic heterocycles. The predicted octanol–water partition coefficient (Wildman–Crippen LogP) is 2.85. The smallest absolute Gasteiger partial charge is 0.251 e. The summed E-state index contributed by atoms with van der Waals surface area (Å²) in [5, 5.41) is 3.10. The molecule has 2 saturated heterocycles. The summed E-state index contributed by atoms with van der Waals surface area (Å²) in [6.45, 7) is 7.40. The number of carbonyl (C=O) groups excluding carboxylic acids is 1. The molecule has 0 spiro atoms. The Hall–Kier alpha value is -1.96. The summed E-state index contributed by atoms with van der Waals surface area (Å²) in [7, 11) is 0. The Morgan fingerprint density at radius 1 is 1.25 bits per heavy atom. The molecule has 0 N–H and O–H groups in total. The molecule has 1 atom stereocenters. The van der Waals surface area contributed by atoms with E-state index in [1.165, 1.54) is 5.56 Å². The van der Waals surface area contributed by atoms with Crippen molar-refractivity contribution in [2.75, 3.05) is 32.8 Å². The molecule has 2 fully saturated rings. The first-order valence-corrected chi connectivity index (χ1v) is 10.8. The third-order valence-electron chi connectivity index (χ3n) is 5.26. The van der Waals surface area contributed by atoms with E-state index in [-0.39, 0.29) is 12.0 Å².